The Labute approximate surface area is 68.2 Å². The summed E-state index contributed by atoms with van der Waals surface area (Å²) in [5, 5.41) is 0. The standard InChI is InChI=1S/C6H16N2O2S/c1-3-11(9,10)8-5-4-6(2)7/h6,8H,3-5,7H2,1-2H3. The van der Waals surface area contributed by atoms with Gasteiger partial charge >= 0.3 is 0 Å². The molecule has 0 aliphatic carbocycles. The molecule has 0 aliphatic rings. The molecule has 0 fully saturated rings. The zero-order valence-corrected chi connectivity index (χ0v) is 7.82. The van der Waals surface area contributed by atoms with E-state index in [4.69, 9.17) is 5.73 Å². The van der Waals surface area contributed by atoms with E-state index in [1.165, 1.54) is 0 Å². The molecule has 0 bridgehead atoms. The van der Waals surface area contributed by atoms with Crippen molar-refractivity contribution in [3.63, 3.8) is 0 Å². The second kappa shape index (κ2) is 4.69. The quantitative estimate of drug-likeness (QED) is 0.608. The van der Waals surface area contributed by atoms with Crippen LogP contribution in [0.2, 0.25) is 0 Å². The molecular weight excluding hydrogens is 164 g/mol. The van der Waals surface area contributed by atoms with Gasteiger partial charge in [0.05, 0.1) is 5.75 Å². The molecule has 0 amide bonds. The Morgan fingerprint density at radius 3 is 2.45 bits per heavy atom. The van der Waals surface area contributed by atoms with Crippen LogP contribution < -0.4 is 10.5 Å². The van der Waals surface area contributed by atoms with Gasteiger partial charge in [-0.05, 0) is 20.3 Å². The summed E-state index contributed by atoms with van der Waals surface area (Å²) in [7, 11) is -3.02. The molecule has 1 atom stereocenters. The molecule has 5 heteroatoms. The predicted molar refractivity (Wildman–Crippen MR) is 45.7 cm³/mol. The van der Waals surface area contributed by atoms with Crippen LogP contribution in [0.1, 0.15) is 20.3 Å². The van der Waals surface area contributed by atoms with Crippen LogP contribution in [0.5, 0.6) is 0 Å². The van der Waals surface area contributed by atoms with Gasteiger partial charge in [0.25, 0.3) is 0 Å². The monoisotopic (exact) mass is 180 g/mol. The fraction of sp³-hybridized carbons (Fsp3) is 1.00. The van der Waals surface area contributed by atoms with Gasteiger partial charge in [0.1, 0.15) is 0 Å². The Morgan fingerprint density at radius 1 is 1.55 bits per heavy atom. The SMILES string of the molecule is CCS(=O)(=O)NCCC(C)N. The van der Waals surface area contributed by atoms with Crippen LogP contribution in [0.4, 0.5) is 0 Å². The highest BCUT2D eigenvalue weighted by atomic mass is 32.2. The van der Waals surface area contributed by atoms with Gasteiger partial charge in [0, 0.05) is 12.6 Å². The Balaban J connectivity index is 3.55. The van der Waals surface area contributed by atoms with Gasteiger partial charge in [-0.1, -0.05) is 0 Å². The first kappa shape index (κ1) is 10.9. The summed E-state index contributed by atoms with van der Waals surface area (Å²) in [6, 6.07) is 0.0505. The van der Waals surface area contributed by atoms with Crippen molar-refractivity contribution in [2.45, 2.75) is 26.3 Å². The Morgan fingerprint density at radius 2 is 2.09 bits per heavy atom. The summed E-state index contributed by atoms with van der Waals surface area (Å²) >= 11 is 0. The third-order valence-electron chi connectivity index (χ3n) is 1.30. The molecule has 0 saturated carbocycles. The van der Waals surface area contributed by atoms with Crippen LogP contribution in [-0.2, 0) is 10.0 Å². The maximum Gasteiger partial charge on any atom is 0.211 e. The third kappa shape index (κ3) is 6.28. The minimum atomic E-state index is -3.02. The van der Waals surface area contributed by atoms with Gasteiger partial charge in [0.15, 0.2) is 0 Å². The largest absolute Gasteiger partial charge is 0.328 e. The lowest BCUT2D eigenvalue weighted by atomic mass is 10.3. The summed E-state index contributed by atoms with van der Waals surface area (Å²) in [6.07, 6.45) is 0.680. The Bertz CT molecular complexity index is 187. The second-order valence-corrected chi connectivity index (χ2v) is 4.66. The summed E-state index contributed by atoms with van der Waals surface area (Å²) in [6.45, 7) is 3.89. The average Bonchev–Trinajstić information content (AvgIpc) is 1.87. The topological polar surface area (TPSA) is 72.2 Å². The molecule has 68 valence electrons. The van der Waals surface area contributed by atoms with E-state index in [1.54, 1.807) is 6.92 Å². The van der Waals surface area contributed by atoms with Gasteiger partial charge in [-0.3, -0.25) is 0 Å². The van der Waals surface area contributed by atoms with Gasteiger partial charge in [-0.15, -0.1) is 0 Å². The number of hydrogen-bond donors (Lipinski definition) is 2. The van der Waals surface area contributed by atoms with Gasteiger partial charge < -0.3 is 5.73 Å². The Hall–Kier alpha value is -0.130. The number of rotatable bonds is 5. The molecule has 11 heavy (non-hydrogen) atoms. The molecule has 0 heterocycles. The number of nitrogens with one attached hydrogen (secondary N) is 1. The smallest absolute Gasteiger partial charge is 0.211 e. The molecule has 3 N–H and O–H groups in total. The molecule has 0 rings (SSSR count). The highest BCUT2D eigenvalue weighted by Crippen LogP contribution is 1.86. The predicted octanol–water partition coefficient (Wildman–Crippen LogP) is -0.337. The van der Waals surface area contributed by atoms with Crippen molar-refractivity contribution in [1.82, 2.24) is 4.72 Å². The van der Waals surface area contributed by atoms with Crippen LogP contribution in [0.15, 0.2) is 0 Å². The number of nitrogens with two attached hydrogens (primary N) is 1. The summed E-state index contributed by atoms with van der Waals surface area (Å²) < 4.78 is 24.1. The normalized spacial score (nSPS) is 14.8. The first-order valence-corrected chi connectivity index (χ1v) is 5.36. The zero-order chi connectivity index (χ0) is 8.91. The van der Waals surface area contributed by atoms with E-state index >= 15 is 0 Å². The minimum Gasteiger partial charge on any atom is -0.328 e. The van der Waals surface area contributed by atoms with E-state index in [9.17, 15) is 8.42 Å². The Kier molecular flexibility index (Phi) is 4.63. The fourth-order valence-corrected chi connectivity index (χ4v) is 1.18. The van der Waals surface area contributed by atoms with Crippen molar-refractivity contribution in [3.8, 4) is 0 Å². The second-order valence-electron chi connectivity index (χ2n) is 2.56. The van der Waals surface area contributed by atoms with Crippen molar-refractivity contribution in [3.05, 3.63) is 0 Å². The molecule has 0 radical (unpaired) electrons. The molecule has 4 nitrogen and oxygen atoms in total. The summed E-state index contributed by atoms with van der Waals surface area (Å²) in [5.74, 6) is 0.131. The molecule has 0 saturated heterocycles. The van der Waals surface area contributed by atoms with E-state index in [0.717, 1.165) is 0 Å². The lowest BCUT2D eigenvalue weighted by Crippen LogP contribution is -2.30. The van der Waals surface area contributed by atoms with E-state index in [-0.39, 0.29) is 11.8 Å². The van der Waals surface area contributed by atoms with Crippen LogP contribution in [-0.4, -0.2) is 26.8 Å². The van der Waals surface area contributed by atoms with Crippen LogP contribution in [0.25, 0.3) is 0 Å². The molecule has 0 aromatic rings. The summed E-state index contributed by atoms with van der Waals surface area (Å²) in [4.78, 5) is 0. The van der Waals surface area contributed by atoms with Crippen LogP contribution in [0.3, 0.4) is 0 Å². The van der Waals surface area contributed by atoms with E-state index in [1.807, 2.05) is 6.92 Å². The van der Waals surface area contributed by atoms with E-state index in [0.29, 0.717) is 13.0 Å². The van der Waals surface area contributed by atoms with Crippen LogP contribution in [0, 0.1) is 0 Å². The number of sulfonamides is 1. The third-order valence-corrected chi connectivity index (χ3v) is 2.71. The van der Waals surface area contributed by atoms with E-state index in [2.05, 4.69) is 4.72 Å². The first-order valence-electron chi connectivity index (χ1n) is 3.71. The van der Waals surface area contributed by atoms with Gasteiger partial charge in [-0.25, -0.2) is 13.1 Å². The highest BCUT2D eigenvalue weighted by Gasteiger charge is 2.04. The van der Waals surface area contributed by atoms with Crippen molar-refractivity contribution in [2.75, 3.05) is 12.3 Å². The molecule has 1 unspecified atom stereocenters. The van der Waals surface area contributed by atoms with Crippen molar-refractivity contribution >= 4 is 10.0 Å². The number of hydrogen-bond acceptors (Lipinski definition) is 3. The zero-order valence-electron chi connectivity index (χ0n) is 7.00. The highest BCUT2D eigenvalue weighted by molar-refractivity contribution is 7.89. The van der Waals surface area contributed by atoms with Gasteiger partial charge in [0.2, 0.25) is 10.0 Å². The fourth-order valence-electron chi connectivity index (χ4n) is 0.544. The van der Waals surface area contributed by atoms with Crippen molar-refractivity contribution < 1.29 is 8.42 Å². The lowest BCUT2D eigenvalue weighted by molar-refractivity contribution is 0.573. The molecule has 0 spiro atoms. The first-order chi connectivity index (χ1) is 4.98. The van der Waals surface area contributed by atoms with Crippen molar-refractivity contribution in [1.29, 1.82) is 0 Å². The average molecular weight is 180 g/mol. The molecule has 0 aromatic carbocycles. The minimum absolute atomic E-state index is 0.0505. The van der Waals surface area contributed by atoms with Crippen LogP contribution >= 0.6 is 0 Å². The maximum absolute atomic E-state index is 10.8. The van der Waals surface area contributed by atoms with Gasteiger partial charge in [-0.2, -0.15) is 0 Å². The van der Waals surface area contributed by atoms with Crippen molar-refractivity contribution in [2.24, 2.45) is 5.73 Å². The maximum atomic E-state index is 10.8. The lowest BCUT2D eigenvalue weighted by Gasteiger charge is -2.05. The van der Waals surface area contributed by atoms with E-state index < -0.39 is 10.0 Å². The molecule has 0 aromatic heterocycles. The molecular formula is C6H16N2O2S. The molecule has 0 aliphatic heterocycles. The summed E-state index contributed by atoms with van der Waals surface area (Å²) in [5.41, 5.74) is 5.43.